The number of rotatable bonds is 4. The molecule has 2 aliphatic rings. The minimum absolute atomic E-state index is 0.0950. The van der Waals surface area contributed by atoms with Gasteiger partial charge in [-0.25, -0.2) is 4.79 Å². The van der Waals surface area contributed by atoms with Crippen molar-refractivity contribution in [1.82, 2.24) is 19.4 Å². The van der Waals surface area contributed by atoms with Crippen molar-refractivity contribution in [2.45, 2.75) is 6.54 Å². The number of amides is 2. The lowest BCUT2D eigenvalue weighted by Gasteiger charge is -2.34. The SMILES string of the molecule is O=C(On1c(O)ccc1O)N1CCN(Cc2cccc(Cl)c2C(=O)N2CCOCC2)CC1. The van der Waals surface area contributed by atoms with Gasteiger partial charge in [0, 0.05) is 57.9 Å². The number of nitrogens with zero attached hydrogens (tertiary/aromatic N) is 4. The van der Waals surface area contributed by atoms with Gasteiger partial charge < -0.3 is 29.6 Å². The highest BCUT2D eigenvalue weighted by molar-refractivity contribution is 6.34. The molecule has 0 unspecified atom stereocenters. The van der Waals surface area contributed by atoms with Gasteiger partial charge >= 0.3 is 6.09 Å². The molecule has 0 atom stereocenters. The van der Waals surface area contributed by atoms with E-state index in [1.165, 1.54) is 17.0 Å². The van der Waals surface area contributed by atoms with Crippen molar-refractivity contribution in [1.29, 1.82) is 0 Å². The Hall–Kier alpha value is -2.95. The van der Waals surface area contributed by atoms with Crippen LogP contribution in [0.3, 0.4) is 0 Å². The molecule has 32 heavy (non-hydrogen) atoms. The Balaban J connectivity index is 1.37. The molecule has 0 bridgehead atoms. The molecule has 2 N–H and O–H groups in total. The van der Waals surface area contributed by atoms with Crippen LogP contribution in [0.5, 0.6) is 11.8 Å². The van der Waals surface area contributed by atoms with Crippen LogP contribution in [0.15, 0.2) is 30.3 Å². The normalized spacial score (nSPS) is 17.4. The van der Waals surface area contributed by atoms with E-state index < -0.39 is 6.09 Å². The van der Waals surface area contributed by atoms with Gasteiger partial charge in [0.2, 0.25) is 11.8 Å². The number of hydrogen-bond acceptors (Lipinski definition) is 7. The highest BCUT2D eigenvalue weighted by atomic mass is 35.5. The van der Waals surface area contributed by atoms with E-state index in [2.05, 4.69) is 4.90 Å². The van der Waals surface area contributed by atoms with Crippen molar-refractivity contribution in [3.63, 3.8) is 0 Å². The molecule has 0 radical (unpaired) electrons. The Morgan fingerprint density at radius 2 is 1.59 bits per heavy atom. The van der Waals surface area contributed by atoms with E-state index in [9.17, 15) is 19.8 Å². The summed E-state index contributed by atoms with van der Waals surface area (Å²) in [4.78, 5) is 35.9. The summed E-state index contributed by atoms with van der Waals surface area (Å²) < 4.78 is 6.01. The van der Waals surface area contributed by atoms with Crippen LogP contribution in [0.1, 0.15) is 15.9 Å². The summed E-state index contributed by atoms with van der Waals surface area (Å²) in [5.74, 6) is -0.830. The van der Waals surface area contributed by atoms with E-state index in [1.54, 1.807) is 11.0 Å². The predicted octanol–water partition coefficient (Wildman–Crippen LogP) is 1.39. The first-order valence-corrected chi connectivity index (χ1v) is 10.8. The Morgan fingerprint density at radius 1 is 0.938 bits per heavy atom. The first kappa shape index (κ1) is 22.3. The third-order valence-electron chi connectivity index (χ3n) is 5.60. The number of carbonyl (C=O) groups is 2. The summed E-state index contributed by atoms with van der Waals surface area (Å²) in [7, 11) is 0. The Morgan fingerprint density at radius 3 is 2.25 bits per heavy atom. The number of aromatic nitrogens is 1. The van der Waals surface area contributed by atoms with Gasteiger partial charge in [0.25, 0.3) is 5.91 Å². The van der Waals surface area contributed by atoms with E-state index in [0.29, 0.717) is 74.3 Å². The van der Waals surface area contributed by atoms with Crippen LogP contribution in [-0.4, -0.2) is 94.1 Å². The molecule has 0 aliphatic carbocycles. The molecule has 1 aromatic carbocycles. The van der Waals surface area contributed by atoms with E-state index >= 15 is 0 Å². The fourth-order valence-corrected chi connectivity index (χ4v) is 4.10. The highest BCUT2D eigenvalue weighted by Crippen LogP contribution is 2.24. The molecular weight excluding hydrogens is 440 g/mol. The summed E-state index contributed by atoms with van der Waals surface area (Å²) in [5, 5.41) is 19.7. The van der Waals surface area contributed by atoms with Crippen molar-refractivity contribution in [3.8, 4) is 11.8 Å². The van der Waals surface area contributed by atoms with E-state index in [-0.39, 0.29) is 17.7 Å². The first-order chi connectivity index (χ1) is 15.4. The van der Waals surface area contributed by atoms with Gasteiger partial charge in [0.05, 0.1) is 23.8 Å². The smallest absolute Gasteiger partial charge is 0.434 e. The molecule has 3 heterocycles. The van der Waals surface area contributed by atoms with Gasteiger partial charge in [-0.1, -0.05) is 23.7 Å². The molecule has 0 spiro atoms. The van der Waals surface area contributed by atoms with Gasteiger partial charge in [-0.2, -0.15) is 0 Å². The second-order valence-electron chi connectivity index (χ2n) is 7.64. The lowest BCUT2D eigenvalue weighted by Crippen LogP contribution is -2.50. The number of hydrogen-bond donors (Lipinski definition) is 2. The first-order valence-electron chi connectivity index (χ1n) is 10.4. The fraction of sp³-hybridized carbons (Fsp3) is 0.429. The second kappa shape index (κ2) is 9.68. The molecule has 2 aliphatic heterocycles. The number of ether oxygens (including phenoxy) is 1. The Labute approximate surface area is 190 Å². The maximum Gasteiger partial charge on any atom is 0.434 e. The number of carbonyl (C=O) groups excluding carboxylic acids is 2. The Bertz CT molecular complexity index is 963. The standard InChI is InChI=1S/C21H25ClN4O6/c22-16-3-1-2-15(19(16)20(29)24-10-12-31-13-11-24)14-23-6-8-25(9-7-23)21(30)32-26-17(27)4-5-18(26)28/h1-5,27-28H,6-14H2. The maximum absolute atomic E-state index is 13.1. The largest absolute Gasteiger partial charge is 0.492 e. The van der Waals surface area contributed by atoms with Crippen LogP contribution < -0.4 is 4.84 Å². The molecule has 2 aromatic rings. The average molecular weight is 465 g/mol. The fourth-order valence-electron chi connectivity index (χ4n) is 3.83. The molecule has 1 aromatic heterocycles. The number of aromatic hydroxyl groups is 2. The maximum atomic E-state index is 13.1. The van der Waals surface area contributed by atoms with E-state index in [0.717, 1.165) is 5.56 Å². The Kier molecular flexibility index (Phi) is 6.73. The van der Waals surface area contributed by atoms with Crippen molar-refractivity contribution < 1.29 is 29.4 Å². The van der Waals surface area contributed by atoms with Crippen molar-refractivity contribution >= 4 is 23.6 Å². The predicted molar refractivity (Wildman–Crippen MR) is 115 cm³/mol. The summed E-state index contributed by atoms with van der Waals surface area (Å²) in [6.45, 7) is 4.56. The van der Waals surface area contributed by atoms with Crippen LogP contribution in [0.25, 0.3) is 0 Å². The van der Waals surface area contributed by atoms with Crippen molar-refractivity contribution in [2.24, 2.45) is 0 Å². The zero-order chi connectivity index (χ0) is 22.7. The third-order valence-corrected chi connectivity index (χ3v) is 5.92. The highest BCUT2D eigenvalue weighted by Gasteiger charge is 2.27. The summed E-state index contributed by atoms with van der Waals surface area (Å²) in [5.41, 5.74) is 1.35. The van der Waals surface area contributed by atoms with Crippen LogP contribution in [0.2, 0.25) is 5.02 Å². The summed E-state index contributed by atoms with van der Waals surface area (Å²) in [6, 6.07) is 7.90. The third kappa shape index (κ3) is 4.77. The van der Waals surface area contributed by atoms with Gasteiger partial charge in [-0.15, -0.1) is 4.73 Å². The molecule has 11 heteroatoms. The molecule has 2 fully saturated rings. The van der Waals surface area contributed by atoms with Crippen LogP contribution >= 0.6 is 11.6 Å². The molecule has 4 rings (SSSR count). The molecule has 172 valence electrons. The molecule has 2 amide bonds. The minimum Gasteiger partial charge on any atom is -0.492 e. The molecule has 2 saturated heterocycles. The molecule has 0 saturated carbocycles. The quantitative estimate of drug-likeness (QED) is 0.704. The van der Waals surface area contributed by atoms with Gasteiger partial charge in [0.1, 0.15) is 0 Å². The van der Waals surface area contributed by atoms with Gasteiger partial charge in [-0.3, -0.25) is 9.69 Å². The lowest BCUT2D eigenvalue weighted by atomic mass is 10.0. The monoisotopic (exact) mass is 464 g/mol. The van der Waals surface area contributed by atoms with Crippen LogP contribution in [0.4, 0.5) is 4.79 Å². The number of piperazine rings is 1. The number of halogens is 1. The van der Waals surface area contributed by atoms with Crippen LogP contribution in [0, 0.1) is 0 Å². The van der Waals surface area contributed by atoms with Gasteiger partial charge in [-0.05, 0) is 11.6 Å². The van der Waals surface area contributed by atoms with E-state index in [4.69, 9.17) is 21.2 Å². The van der Waals surface area contributed by atoms with E-state index in [1.807, 2.05) is 12.1 Å². The van der Waals surface area contributed by atoms with Crippen LogP contribution in [-0.2, 0) is 11.3 Å². The topological polar surface area (TPSA) is 108 Å². The minimum atomic E-state index is -0.669. The zero-order valence-corrected chi connectivity index (χ0v) is 18.2. The molecular formula is C21H25ClN4O6. The van der Waals surface area contributed by atoms with Crippen molar-refractivity contribution in [2.75, 3.05) is 52.5 Å². The van der Waals surface area contributed by atoms with Crippen molar-refractivity contribution in [3.05, 3.63) is 46.5 Å². The second-order valence-corrected chi connectivity index (χ2v) is 8.05. The number of benzene rings is 1. The molecule has 10 nitrogen and oxygen atoms in total. The zero-order valence-electron chi connectivity index (χ0n) is 17.4. The lowest BCUT2D eigenvalue weighted by molar-refractivity contribution is 0.0301. The number of morpholine rings is 1. The van der Waals surface area contributed by atoms with Gasteiger partial charge in [0.15, 0.2) is 0 Å². The average Bonchev–Trinajstić information content (AvgIpc) is 3.12. The summed E-state index contributed by atoms with van der Waals surface area (Å²) in [6.07, 6.45) is -0.669. The summed E-state index contributed by atoms with van der Waals surface area (Å²) >= 11 is 6.41.